The average molecular weight is 472 g/mol. The van der Waals surface area contributed by atoms with E-state index in [2.05, 4.69) is 43.3 Å². The molecule has 0 atom stereocenters. The van der Waals surface area contributed by atoms with E-state index in [1.807, 2.05) is 48.7 Å². The van der Waals surface area contributed by atoms with Gasteiger partial charge in [-0.2, -0.15) is 0 Å². The molecule has 0 aliphatic rings. The largest absolute Gasteiger partial charge is 0.497 e. The number of hydrogen-bond acceptors (Lipinski definition) is 4. The molecule has 0 aliphatic heterocycles. The van der Waals surface area contributed by atoms with Gasteiger partial charge in [-0.05, 0) is 53.7 Å². The first-order valence-corrected chi connectivity index (χ1v) is 10.2. The smallest absolute Gasteiger partial charge is 0.174 e. The number of anilines is 1. The third-order valence-electron chi connectivity index (χ3n) is 4.30. The molecular formula is C22H22BrN3O2S. The number of aromatic nitrogens is 1. The van der Waals surface area contributed by atoms with E-state index >= 15 is 0 Å². The van der Waals surface area contributed by atoms with Gasteiger partial charge in [0, 0.05) is 36.0 Å². The minimum atomic E-state index is 0.595. The zero-order chi connectivity index (χ0) is 20.6. The highest BCUT2D eigenvalue weighted by atomic mass is 79.9. The maximum atomic E-state index is 5.75. The van der Waals surface area contributed by atoms with Gasteiger partial charge in [0.1, 0.15) is 11.5 Å². The summed E-state index contributed by atoms with van der Waals surface area (Å²) in [6.45, 7) is 1.28. The first-order valence-electron chi connectivity index (χ1n) is 9.00. The van der Waals surface area contributed by atoms with Crippen LogP contribution in [0.4, 0.5) is 5.69 Å². The minimum absolute atomic E-state index is 0.595. The van der Waals surface area contributed by atoms with Gasteiger partial charge in [-0.1, -0.05) is 34.1 Å². The van der Waals surface area contributed by atoms with Crippen molar-refractivity contribution >= 4 is 38.9 Å². The molecular weight excluding hydrogens is 450 g/mol. The Balaban J connectivity index is 1.83. The van der Waals surface area contributed by atoms with Crippen LogP contribution in [0.25, 0.3) is 0 Å². The van der Waals surface area contributed by atoms with Crippen molar-refractivity contribution in [2.45, 2.75) is 13.1 Å². The number of pyridine rings is 1. The zero-order valence-electron chi connectivity index (χ0n) is 16.3. The highest BCUT2D eigenvalue weighted by Crippen LogP contribution is 2.29. The third kappa shape index (κ3) is 5.92. The van der Waals surface area contributed by atoms with Gasteiger partial charge in [0.25, 0.3) is 0 Å². The number of hydrogen-bond donors (Lipinski definition) is 1. The van der Waals surface area contributed by atoms with Crippen molar-refractivity contribution in [2.24, 2.45) is 0 Å². The van der Waals surface area contributed by atoms with Gasteiger partial charge >= 0.3 is 0 Å². The van der Waals surface area contributed by atoms with Crippen molar-refractivity contribution < 1.29 is 9.47 Å². The molecule has 0 amide bonds. The van der Waals surface area contributed by atoms with Crippen LogP contribution in [-0.4, -0.2) is 29.2 Å². The summed E-state index contributed by atoms with van der Waals surface area (Å²) in [7, 11) is 3.25. The van der Waals surface area contributed by atoms with Crippen molar-refractivity contribution in [3.8, 4) is 11.5 Å². The molecule has 0 saturated heterocycles. The van der Waals surface area contributed by atoms with Gasteiger partial charge < -0.3 is 19.7 Å². The van der Waals surface area contributed by atoms with Crippen molar-refractivity contribution in [3.63, 3.8) is 0 Å². The van der Waals surface area contributed by atoms with E-state index in [0.717, 1.165) is 27.0 Å². The summed E-state index contributed by atoms with van der Waals surface area (Å²) in [6, 6.07) is 17.7. The number of rotatable bonds is 7. The summed E-state index contributed by atoms with van der Waals surface area (Å²) in [5.74, 6) is 1.38. The lowest BCUT2D eigenvalue weighted by atomic mass is 10.2. The van der Waals surface area contributed by atoms with Crippen LogP contribution < -0.4 is 14.8 Å². The van der Waals surface area contributed by atoms with Gasteiger partial charge in [0.2, 0.25) is 0 Å². The highest BCUT2D eigenvalue weighted by molar-refractivity contribution is 9.10. The molecule has 1 heterocycles. The maximum Gasteiger partial charge on any atom is 0.174 e. The Morgan fingerprint density at radius 3 is 2.52 bits per heavy atom. The Kier molecular flexibility index (Phi) is 7.43. The van der Waals surface area contributed by atoms with E-state index in [4.69, 9.17) is 21.7 Å². The maximum absolute atomic E-state index is 5.75. The van der Waals surface area contributed by atoms with Gasteiger partial charge in [0.15, 0.2) is 5.11 Å². The molecule has 3 rings (SSSR count). The lowest BCUT2D eigenvalue weighted by Gasteiger charge is -2.27. The number of ether oxygens (including phenoxy) is 2. The summed E-state index contributed by atoms with van der Waals surface area (Å²) >= 11 is 9.29. The van der Waals surface area contributed by atoms with Gasteiger partial charge in [-0.3, -0.25) is 4.98 Å². The van der Waals surface area contributed by atoms with Crippen molar-refractivity contribution in [1.29, 1.82) is 0 Å². The van der Waals surface area contributed by atoms with E-state index in [1.165, 1.54) is 0 Å². The summed E-state index contributed by atoms with van der Waals surface area (Å²) in [5, 5.41) is 3.91. The van der Waals surface area contributed by atoms with E-state index in [9.17, 15) is 0 Å². The number of nitrogens with zero attached hydrogens (tertiary/aromatic N) is 2. The van der Waals surface area contributed by atoms with Crippen LogP contribution in [-0.2, 0) is 13.1 Å². The van der Waals surface area contributed by atoms with Gasteiger partial charge in [-0.25, -0.2) is 0 Å². The van der Waals surface area contributed by atoms with Gasteiger partial charge in [0.05, 0.1) is 19.9 Å². The number of halogens is 1. The zero-order valence-corrected chi connectivity index (χ0v) is 18.7. The van der Waals surface area contributed by atoms with E-state index in [1.54, 1.807) is 20.4 Å². The molecule has 1 aromatic heterocycles. The van der Waals surface area contributed by atoms with E-state index in [0.29, 0.717) is 24.0 Å². The van der Waals surface area contributed by atoms with Crippen molar-refractivity contribution in [1.82, 2.24) is 9.88 Å². The number of nitrogens with one attached hydrogen (secondary N) is 1. The molecule has 0 spiro atoms. The van der Waals surface area contributed by atoms with Crippen LogP contribution in [0.1, 0.15) is 11.1 Å². The Hall–Kier alpha value is -2.64. The third-order valence-corrected chi connectivity index (χ3v) is 5.15. The minimum Gasteiger partial charge on any atom is -0.497 e. The van der Waals surface area contributed by atoms with Crippen molar-refractivity contribution in [2.75, 3.05) is 19.5 Å². The summed E-state index contributed by atoms with van der Waals surface area (Å²) in [5.41, 5.74) is 3.01. The van der Waals surface area contributed by atoms with Crippen LogP contribution in [0.3, 0.4) is 0 Å². The van der Waals surface area contributed by atoms with Crippen LogP contribution in [0, 0.1) is 0 Å². The predicted molar refractivity (Wildman–Crippen MR) is 123 cm³/mol. The Labute approximate surface area is 184 Å². The summed E-state index contributed by atoms with van der Waals surface area (Å²) in [6.07, 6.45) is 3.62. The van der Waals surface area contributed by atoms with E-state index < -0.39 is 0 Å². The van der Waals surface area contributed by atoms with Crippen molar-refractivity contribution in [3.05, 3.63) is 82.6 Å². The molecule has 1 N–H and O–H groups in total. The molecule has 29 heavy (non-hydrogen) atoms. The van der Waals surface area contributed by atoms with Crippen LogP contribution >= 0.6 is 28.1 Å². The fraction of sp³-hybridized carbons (Fsp3) is 0.182. The second-order valence-electron chi connectivity index (χ2n) is 6.34. The standard InChI is InChI=1S/C22H22BrN3O2S/c1-27-19-8-9-20(21(12-19)28-2)25-22(29)26(15-17-6-4-10-24-13-17)14-16-5-3-7-18(23)11-16/h3-13H,14-15H2,1-2H3,(H,25,29). The quantitative estimate of drug-likeness (QED) is 0.474. The summed E-state index contributed by atoms with van der Waals surface area (Å²) in [4.78, 5) is 6.31. The number of methoxy groups -OCH3 is 2. The molecule has 7 heteroatoms. The highest BCUT2D eigenvalue weighted by Gasteiger charge is 2.14. The lowest BCUT2D eigenvalue weighted by Crippen LogP contribution is -2.34. The number of thiocarbonyl (C=S) groups is 1. The molecule has 2 aromatic carbocycles. The SMILES string of the molecule is COc1ccc(NC(=S)N(Cc2cccnc2)Cc2cccc(Br)c2)c(OC)c1. The molecule has 0 saturated carbocycles. The first-order chi connectivity index (χ1) is 14.1. The fourth-order valence-electron chi connectivity index (χ4n) is 2.86. The van der Waals surface area contributed by atoms with E-state index in [-0.39, 0.29) is 0 Å². The molecule has 0 radical (unpaired) electrons. The molecule has 3 aromatic rings. The van der Waals surface area contributed by atoms with Gasteiger partial charge in [-0.15, -0.1) is 0 Å². The normalized spacial score (nSPS) is 10.3. The fourth-order valence-corrected chi connectivity index (χ4v) is 3.55. The van der Waals surface area contributed by atoms with Crippen LogP contribution in [0.5, 0.6) is 11.5 Å². The van der Waals surface area contributed by atoms with Crippen LogP contribution in [0.15, 0.2) is 71.5 Å². The summed E-state index contributed by atoms with van der Waals surface area (Å²) < 4.78 is 11.8. The topological polar surface area (TPSA) is 46.6 Å². The first kappa shape index (κ1) is 21.1. The second-order valence-corrected chi connectivity index (χ2v) is 7.65. The lowest BCUT2D eigenvalue weighted by molar-refractivity contribution is 0.394. The Morgan fingerprint density at radius 1 is 1.03 bits per heavy atom. The molecule has 0 aliphatic carbocycles. The number of benzene rings is 2. The Bertz CT molecular complexity index is 969. The molecule has 0 bridgehead atoms. The predicted octanol–water partition coefficient (Wildman–Crippen LogP) is 5.26. The van der Waals surface area contributed by atoms with Crippen LogP contribution in [0.2, 0.25) is 0 Å². The average Bonchev–Trinajstić information content (AvgIpc) is 2.74. The molecule has 0 fully saturated rings. The molecule has 5 nitrogen and oxygen atoms in total. The molecule has 150 valence electrons. The monoisotopic (exact) mass is 471 g/mol. The Morgan fingerprint density at radius 2 is 1.83 bits per heavy atom. The second kappa shape index (κ2) is 10.2. The molecule has 0 unspecified atom stereocenters.